The lowest BCUT2D eigenvalue weighted by Crippen LogP contribution is -1.97. The average Bonchev–Trinajstić information content (AvgIpc) is 1.71. The van der Waals surface area contributed by atoms with Crippen molar-refractivity contribution in [3.8, 4) is 0 Å². The van der Waals surface area contributed by atoms with Crippen LogP contribution in [-0.4, -0.2) is 34.2 Å². The summed E-state index contributed by atoms with van der Waals surface area (Å²) < 4.78 is 28.0. The van der Waals surface area contributed by atoms with Gasteiger partial charge in [0.2, 0.25) is 0 Å². The van der Waals surface area contributed by atoms with E-state index in [1.165, 1.54) is 0 Å². The van der Waals surface area contributed by atoms with Gasteiger partial charge in [-0.1, -0.05) is 4.33 Å². The van der Waals surface area contributed by atoms with Gasteiger partial charge >= 0.3 is 10.4 Å². The summed E-state index contributed by atoms with van der Waals surface area (Å²) in [5.41, 5.74) is 0. The van der Waals surface area contributed by atoms with Crippen molar-refractivity contribution in [1.82, 2.24) is 0 Å². The molecule has 0 amide bonds. The van der Waals surface area contributed by atoms with Crippen LogP contribution >= 0.6 is 0 Å². The minimum atomic E-state index is -4.61. The molecule has 9 heteroatoms. The zero-order chi connectivity index (χ0) is 7.21. The van der Waals surface area contributed by atoms with Gasteiger partial charge in [-0.3, -0.25) is 15.1 Å². The summed E-state index contributed by atoms with van der Waals surface area (Å²) >= 11 is 0. The van der Waals surface area contributed by atoms with Crippen molar-refractivity contribution in [3.05, 3.63) is 0 Å². The molecule has 9 heavy (non-hydrogen) atoms. The molecule has 8 nitrogen and oxygen atoms in total. The Bertz CT molecular complexity index is 107. The van der Waals surface area contributed by atoms with E-state index in [-0.39, 0.29) is 5.48 Å². The minimum absolute atomic E-state index is 0. The third kappa shape index (κ3) is 34.2. The Kier molecular flexibility index (Phi) is 13.6. The predicted octanol–water partition coefficient (Wildman–Crippen LogP) is -1.53. The molecule has 0 radical (unpaired) electrons. The molecule has 0 atom stereocenters. The summed E-state index contributed by atoms with van der Waals surface area (Å²) in [4.78, 5) is 0. The van der Waals surface area contributed by atoms with Gasteiger partial charge < -0.3 is 5.48 Å². The Morgan fingerprint density at radius 3 is 1.33 bits per heavy atom. The van der Waals surface area contributed by atoms with E-state index in [9.17, 15) is 0 Å². The zero-order valence-electron chi connectivity index (χ0n) is 3.92. The van der Waals surface area contributed by atoms with E-state index in [0.29, 0.717) is 0 Å². The molecule has 0 heterocycles. The van der Waals surface area contributed by atoms with E-state index in [0.717, 1.165) is 0 Å². The second-order valence-electron chi connectivity index (χ2n) is 0.502. The summed E-state index contributed by atoms with van der Waals surface area (Å²) in [5.74, 6) is 0. The first-order chi connectivity index (χ1) is 3.56. The molecule has 60 valence electrons. The smallest absolute Gasteiger partial charge is 0.412 e. The molecule has 0 bridgehead atoms. The molecule has 0 aromatic heterocycles. The second-order valence-corrected chi connectivity index (χ2v) is 1.51. The van der Waals surface area contributed by atoms with E-state index in [4.69, 9.17) is 28.7 Å². The van der Waals surface area contributed by atoms with Crippen molar-refractivity contribution < 1.29 is 38.6 Å². The molecule has 0 aromatic carbocycles. The molecular weight excluding hydrogens is 160 g/mol. The lowest BCUT2D eigenvalue weighted by atomic mass is 15.0. The highest BCUT2D eigenvalue weighted by molar-refractivity contribution is 7.80. The van der Waals surface area contributed by atoms with Gasteiger partial charge in [0, 0.05) is 0 Å². The van der Waals surface area contributed by atoms with E-state index >= 15 is 0 Å². The van der Waals surface area contributed by atoms with Crippen LogP contribution in [0.3, 0.4) is 0 Å². The molecule has 0 fully saturated rings. The minimum Gasteiger partial charge on any atom is -0.412 e. The normalized spacial score (nSPS) is 8.44. The maximum Gasteiger partial charge on any atom is 0.423 e. The van der Waals surface area contributed by atoms with Crippen molar-refractivity contribution in [3.63, 3.8) is 0 Å². The Morgan fingerprint density at radius 2 is 1.33 bits per heavy atom. The lowest BCUT2D eigenvalue weighted by molar-refractivity contribution is -0.176. The fourth-order valence-corrected chi connectivity index (χ4v) is 0. The largest absolute Gasteiger partial charge is 0.423 e. The summed E-state index contributed by atoms with van der Waals surface area (Å²) in [6, 6.07) is 0. The van der Waals surface area contributed by atoms with E-state index in [2.05, 4.69) is 4.33 Å². The van der Waals surface area contributed by atoms with Crippen LogP contribution in [0.2, 0.25) is 0 Å². The van der Waals surface area contributed by atoms with Gasteiger partial charge in [0.05, 0.1) is 0 Å². The SMILES string of the molecule is O.O=S(=O)(O)OO.OO. The van der Waals surface area contributed by atoms with Crippen LogP contribution in [-0.2, 0) is 14.7 Å². The highest BCUT2D eigenvalue weighted by atomic mass is 32.3. The summed E-state index contributed by atoms with van der Waals surface area (Å²) in [7, 11) is -4.61. The fraction of sp³-hybridized carbons (Fsp3) is 0. The number of hydrogen-bond acceptors (Lipinski definition) is 6. The van der Waals surface area contributed by atoms with Gasteiger partial charge in [-0.05, 0) is 0 Å². The fourth-order valence-electron chi connectivity index (χ4n) is 0. The predicted molar refractivity (Wildman–Crippen MR) is 24.1 cm³/mol. The molecule has 0 aliphatic rings. The quantitative estimate of drug-likeness (QED) is 0.209. The Balaban J connectivity index is -0.000000109. The van der Waals surface area contributed by atoms with Crippen molar-refractivity contribution in [2.75, 3.05) is 0 Å². The van der Waals surface area contributed by atoms with Crippen LogP contribution in [0.1, 0.15) is 0 Å². The van der Waals surface area contributed by atoms with Crippen molar-refractivity contribution in [1.29, 1.82) is 0 Å². The molecule has 0 aromatic rings. The Labute approximate surface area is 50.1 Å². The van der Waals surface area contributed by atoms with Crippen molar-refractivity contribution in [2.24, 2.45) is 0 Å². The van der Waals surface area contributed by atoms with Gasteiger partial charge in [-0.15, -0.1) is 0 Å². The highest BCUT2D eigenvalue weighted by Gasteiger charge is 1.97. The van der Waals surface area contributed by atoms with Crippen molar-refractivity contribution in [2.45, 2.75) is 0 Å². The third-order valence-corrected chi connectivity index (χ3v) is 0.283. The maximum atomic E-state index is 9.08. The van der Waals surface area contributed by atoms with E-state index in [1.54, 1.807) is 0 Å². The molecule has 0 spiro atoms. The molecular formula is H6O8S. The molecule has 0 unspecified atom stereocenters. The first-order valence-corrected chi connectivity index (χ1v) is 2.43. The van der Waals surface area contributed by atoms with Gasteiger partial charge in [-0.25, -0.2) is 5.26 Å². The summed E-state index contributed by atoms with van der Waals surface area (Å²) in [6.45, 7) is 0. The molecule has 6 N–H and O–H groups in total. The van der Waals surface area contributed by atoms with Crippen LogP contribution in [0, 0.1) is 0 Å². The van der Waals surface area contributed by atoms with Crippen LogP contribution in [0.4, 0.5) is 0 Å². The van der Waals surface area contributed by atoms with Crippen molar-refractivity contribution >= 4 is 10.4 Å². The molecule has 0 rings (SSSR count). The summed E-state index contributed by atoms with van der Waals surface area (Å²) in [6.07, 6.45) is 0. The van der Waals surface area contributed by atoms with E-state index in [1.807, 2.05) is 0 Å². The molecule has 0 aliphatic heterocycles. The maximum absolute atomic E-state index is 9.08. The first-order valence-electron chi connectivity index (χ1n) is 1.07. The molecule has 0 saturated heterocycles. The van der Waals surface area contributed by atoms with Gasteiger partial charge in [-0.2, -0.15) is 8.42 Å². The summed E-state index contributed by atoms with van der Waals surface area (Å²) in [5, 5.41) is 19.1. The standard InChI is InChI=1S/H2O5S.H2O2.H2O/c1-5-6(2,3)4;1-2;/h1H,(H,2,3,4);1-2H;1H2. The van der Waals surface area contributed by atoms with Crippen LogP contribution in [0.25, 0.3) is 0 Å². The topological polar surface area (TPSA) is 156 Å². The molecule has 0 aliphatic carbocycles. The average molecular weight is 166 g/mol. The van der Waals surface area contributed by atoms with E-state index < -0.39 is 10.4 Å². The Hall–Kier alpha value is -0.290. The first kappa shape index (κ1) is 15.9. The number of rotatable bonds is 1. The lowest BCUT2D eigenvalue weighted by Gasteiger charge is -1.79. The molecule has 0 saturated carbocycles. The highest BCUT2D eigenvalue weighted by Crippen LogP contribution is 1.74. The van der Waals surface area contributed by atoms with Crippen LogP contribution in [0.5, 0.6) is 0 Å². The number of hydrogen-bond donors (Lipinski definition) is 4. The van der Waals surface area contributed by atoms with Crippen LogP contribution in [0.15, 0.2) is 0 Å². The van der Waals surface area contributed by atoms with Gasteiger partial charge in [0.1, 0.15) is 0 Å². The third-order valence-electron chi connectivity index (χ3n) is 0.0942. The van der Waals surface area contributed by atoms with Gasteiger partial charge in [0.15, 0.2) is 0 Å². The van der Waals surface area contributed by atoms with Crippen LogP contribution < -0.4 is 0 Å². The second kappa shape index (κ2) is 7.71. The van der Waals surface area contributed by atoms with Gasteiger partial charge in [0.25, 0.3) is 0 Å². The monoisotopic (exact) mass is 166 g/mol. The zero-order valence-corrected chi connectivity index (χ0v) is 4.74. The Morgan fingerprint density at radius 1 is 1.22 bits per heavy atom.